The van der Waals surface area contributed by atoms with Crippen molar-refractivity contribution in [3.05, 3.63) is 12.2 Å². The predicted octanol–water partition coefficient (Wildman–Crippen LogP) is 2.96. The minimum Gasteiger partial charge on any atom is -0.303 e. The molecule has 0 aliphatic carbocycles. The van der Waals surface area contributed by atoms with Crippen LogP contribution in [0.5, 0.6) is 0 Å². The molecule has 1 unspecified atom stereocenters. The van der Waals surface area contributed by atoms with Crippen molar-refractivity contribution in [3.8, 4) is 0 Å². The maximum absolute atomic E-state index is 3.99. The van der Waals surface area contributed by atoms with Gasteiger partial charge < -0.3 is 5.43 Å². The van der Waals surface area contributed by atoms with Crippen molar-refractivity contribution in [1.29, 1.82) is 0 Å². The van der Waals surface area contributed by atoms with Crippen LogP contribution >= 0.6 is 0 Å². The largest absolute Gasteiger partial charge is 0.303 e. The van der Waals surface area contributed by atoms with Crippen LogP contribution in [0.4, 0.5) is 0 Å². The van der Waals surface area contributed by atoms with Crippen LogP contribution < -0.4 is 5.43 Å². The Balaban J connectivity index is 0. The molecule has 0 aromatic heterocycles. The number of hydrogen-bond acceptors (Lipinski definition) is 2. The lowest BCUT2D eigenvalue weighted by molar-refractivity contribution is 0.664. The molecule has 0 fully saturated rings. The first-order valence-corrected chi connectivity index (χ1v) is 4.77. The van der Waals surface area contributed by atoms with Crippen molar-refractivity contribution >= 4 is 5.71 Å². The van der Waals surface area contributed by atoms with Gasteiger partial charge in [0.2, 0.25) is 0 Å². The second-order valence-electron chi connectivity index (χ2n) is 2.03. The van der Waals surface area contributed by atoms with Gasteiger partial charge in [-0.1, -0.05) is 33.8 Å². The number of nitrogens with zero attached hydrogens (tertiary/aromatic N) is 1. The van der Waals surface area contributed by atoms with Crippen LogP contribution in [0, 0.1) is 0 Å². The molecule has 1 heterocycles. The standard InChI is InChI=1S/C6H10N2.2C2H6/c1-5-3-4-6(2)8-7-5;2*1-2/h3-5,7H,1-2H3;2*1-2H3. The Morgan fingerprint density at radius 2 is 1.75 bits per heavy atom. The molecule has 1 rings (SSSR count). The predicted molar refractivity (Wildman–Crippen MR) is 57.5 cm³/mol. The molecule has 72 valence electrons. The highest BCUT2D eigenvalue weighted by atomic mass is 15.3. The lowest BCUT2D eigenvalue weighted by Gasteiger charge is -2.09. The number of rotatable bonds is 0. The summed E-state index contributed by atoms with van der Waals surface area (Å²) in [6.45, 7) is 12.0. The zero-order chi connectivity index (χ0) is 9.98. The summed E-state index contributed by atoms with van der Waals surface area (Å²) in [5.41, 5.74) is 3.98. The third-order valence-corrected chi connectivity index (χ3v) is 1.07. The normalized spacial score (nSPS) is 18.8. The van der Waals surface area contributed by atoms with Gasteiger partial charge in [0, 0.05) is 0 Å². The van der Waals surface area contributed by atoms with Gasteiger partial charge in [-0.2, -0.15) is 5.10 Å². The van der Waals surface area contributed by atoms with E-state index in [2.05, 4.69) is 23.5 Å². The molecule has 0 saturated carbocycles. The number of hydrogen-bond donors (Lipinski definition) is 1. The summed E-state index contributed by atoms with van der Waals surface area (Å²) >= 11 is 0. The summed E-state index contributed by atoms with van der Waals surface area (Å²) in [5.74, 6) is 0. The summed E-state index contributed by atoms with van der Waals surface area (Å²) in [6.07, 6.45) is 4.10. The van der Waals surface area contributed by atoms with Crippen LogP contribution in [0.15, 0.2) is 17.3 Å². The van der Waals surface area contributed by atoms with Crippen molar-refractivity contribution in [1.82, 2.24) is 5.43 Å². The fourth-order valence-electron chi connectivity index (χ4n) is 0.568. The van der Waals surface area contributed by atoms with Gasteiger partial charge >= 0.3 is 0 Å². The summed E-state index contributed by atoms with van der Waals surface area (Å²) in [6, 6.07) is 0.402. The molecule has 0 bridgehead atoms. The highest BCUT2D eigenvalue weighted by Crippen LogP contribution is 1.92. The first-order chi connectivity index (χ1) is 5.79. The second kappa shape index (κ2) is 10.2. The summed E-state index contributed by atoms with van der Waals surface area (Å²) < 4.78 is 0. The molecule has 0 aromatic carbocycles. The Bertz CT molecular complexity index is 137. The first kappa shape index (κ1) is 13.8. The van der Waals surface area contributed by atoms with Crippen LogP contribution in [0.3, 0.4) is 0 Å². The molecule has 0 amide bonds. The molecule has 12 heavy (non-hydrogen) atoms. The summed E-state index contributed by atoms with van der Waals surface area (Å²) in [7, 11) is 0. The Hall–Kier alpha value is -0.790. The summed E-state index contributed by atoms with van der Waals surface area (Å²) in [5, 5.41) is 3.99. The van der Waals surface area contributed by atoms with E-state index < -0.39 is 0 Å². The Labute approximate surface area is 76.8 Å². The smallest absolute Gasteiger partial charge is 0.0595 e. The lowest BCUT2D eigenvalue weighted by atomic mass is 10.2. The van der Waals surface area contributed by atoms with Crippen LogP contribution in [0.25, 0.3) is 0 Å². The van der Waals surface area contributed by atoms with E-state index >= 15 is 0 Å². The molecular formula is C10H22N2. The molecular weight excluding hydrogens is 148 g/mol. The van der Waals surface area contributed by atoms with Gasteiger partial charge in [0.25, 0.3) is 0 Å². The van der Waals surface area contributed by atoms with Crippen molar-refractivity contribution in [2.45, 2.75) is 47.6 Å². The van der Waals surface area contributed by atoms with E-state index in [0.29, 0.717) is 6.04 Å². The minimum atomic E-state index is 0.402. The second-order valence-corrected chi connectivity index (χ2v) is 2.03. The maximum Gasteiger partial charge on any atom is 0.0595 e. The minimum absolute atomic E-state index is 0.402. The lowest BCUT2D eigenvalue weighted by Crippen LogP contribution is -2.22. The van der Waals surface area contributed by atoms with E-state index in [1.165, 1.54) is 0 Å². The van der Waals surface area contributed by atoms with Crippen LogP contribution in [-0.4, -0.2) is 11.8 Å². The average molecular weight is 170 g/mol. The van der Waals surface area contributed by atoms with Crippen LogP contribution in [0.2, 0.25) is 0 Å². The van der Waals surface area contributed by atoms with Crippen molar-refractivity contribution in [2.24, 2.45) is 5.10 Å². The van der Waals surface area contributed by atoms with E-state index in [4.69, 9.17) is 0 Å². The molecule has 0 saturated heterocycles. The van der Waals surface area contributed by atoms with E-state index in [1.54, 1.807) is 0 Å². The fraction of sp³-hybridized carbons (Fsp3) is 0.700. The zero-order valence-corrected chi connectivity index (χ0v) is 9.18. The quantitative estimate of drug-likeness (QED) is 0.594. The van der Waals surface area contributed by atoms with Crippen molar-refractivity contribution in [2.75, 3.05) is 0 Å². The topological polar surface area (TPSA) is 24.4 Å². The first-order valence-electron chi connectivity index (χ1n) is 4.77. The van der Waals surface area contributed by atoms with E-state index in [-0.39, 0.29) is 0 Å². The monoisotopic (exact) mass is 170 g/mol. The zero-order valence-electron chi connectivity index (χ0n) is 9.18. The van der Waals surface area contributed by atoms with Gasteiger partial charge in [0.05, 0.1) is 11.8 Å². The molecule has 1 aliphatic rings. The SMILES string of the molecule is CC.CC.CC1=NNC(C)C=C1. The van der Waals surface area contributed by atoms with Gasteiger partial charge in [-0.3, -0.25) is 0 Å². The third kappa shape index (κ3) is 7.32. The Kier molecular flexibility index (Phi) is 11.7. The molecule has 0 aromatic rings. The van der Waals surface area contributed by atoms with Crippen LogP contribution in [-0.2, 0) is 0 Å². The average Bonchev–Trinajstić information content (AvgIpc) is 2.17. The van der Waals surface area contributed by atoms with E-state index in [0.717, 1.165) is 5.71 Å². The van der Waals surface area contributed by atoms with Gasteiger partial charge in [0.15, 0.2) is 0 Å². The van der Waals surface area contributed by atoms with Crippen molar-refractivity contribution in [3.63, 3.8) is 0 Å². The molecule has 1 atom stereocenters. The fourth-order valence-corrected chi connectivity index (χ4v) is 0.568. The van der Waals surface area contributed by atoms with E-state index in [1.807, 2.05) is 40.7 Å². The van der Waals surface area contributed by atoms with Gasteiger partial charge in [-0.15, -0.1) is 0 Å². The Morgan fingerprint density at radius 3 is 2.00 bits per heavy atom. The third-order valence-electron chi connectivity index (χ3n) is 1.07. The van der Waals surface area contributed by atoms with Gasteiger partial charge in [-0.05, 0) is 19.9 Å². The molecule has 0 radical (unpaired) electrons. The van der Waals surface area contributed by atoms with Crippen molar-refractivity contribution < 1.29 is 0 Å². The molecule has 0 spiro atoms. The maximum atomic E-state index is 3.99. The van der Waals surface area contributed by atoms with Crippen LogP contribution in [0.1, 0.15) is 41.5 Å². The highest BCUT2D eigenvalue weighted by molar-refractivity contribution is 5.93. The number of hydrazone groups is 1. The van der Waals surface area contributed by atoms with Gasteiger partial charge in [-0.25, -0.2) is 0 Å². The number of allylic oxidation sites excluding steroid dienone is 1. The number of nitrogens with one attached hydrogen (secondary N) is 1. The van der Waals surface area contributed by atoms with Gasteiger partial charge in [0.1, 0.15) is 0 Å². The molecule has 1 N–H and O–H groups in total. The molecule has 2 nitrogen and oxygen atoms in total. The Morgan fingerprint density at radius 1 is 1.25 bits per heavy atom. The van der Waals surface area contributed by atoms with E-state index in [9.17, 15) is 0 Å². The molecule has 2 heteroatoms. The highest BCUT2D eigenvalue weighted by Gasteiger charge is 1.96. The summed E-state index contributed by atoms with van der Waals surface area (Å²) in [4.78, 5) is 0. The molecule has 1 aliphatic heterocycles.